The first kappa shape index (κ1) is 11.6. The predicted molar refractivity (Wildman–Crippen MR) is 57.1 cm³/mol. The van der Waals surface area contributed by atoms with Crippen molar-refractivity contribution >= 4 is 17.6 Å². The number of carbonyl (C=O) groups excluding carboxylic acids is 1. The van der Waals surface area contributed by atoms with Crippen LogP contribution in [0.3, 0.4) is 0 Å². The molecule has 0 radical (unpaired) electrons. The van der Waals surface area contributed by atoms with Crippen molar-refractivity contribution in [3.8, 4) is 18.1 Å². The summed E-state index contributed by atoms with van der Waals surface area (Å²) in [6.45, 7) is 0. The number of phenols is 1. The van der Waals surface area contributed by atoms with Gasteiger partial charge in [-0.2, -0.15) is 0 Å². The number of carboxylic acid groups (broad SMARTS) is 1. The van der Waals surface area contributed by atoms with E-state index in [1.807, 2.05) is 0 Å². The molecule has 1 rings (SSSR count). The van der Waals surface area contributed by atoms with Gasteiger partial charge in [-0.1, -0.05) is 12.0 Å². The second-order valence-corrected chi connectivity index (χ2v) is 2.94. The van der Waals surface area contributed by atoms with E-state index in [1.54, 1.807) is 0 Å². The molecule has 0 atom stereocenters. The number of rotatable bonds is 3. The second-order valence-electron chi connectivity index (χ2n) is 2.94. The molecule has 5 nitrogen and oxygen atoms in total. The molecule has 0 aromatic heterocycles. The van der Waals surface area contributed by atoms with E-state index in [9.17, 15) is 14.7 Å². The van der Waals surface area contributed by atoms with E-state index in [2.05, 4.69) is 11.2 Å². The van der Waals surface area contributed by atoms with Gasteiger partial charge in [-0.15, -0.1) is 6.42 Å². The lowest BCUT2D eigenvalue weighted by Gasteiger charge is -2.07. The van der Waals surface area contributed by atoms with E-state index in [0.29, 0.717) is 0 Å². The highest BCUT2D eigenvalue weighted by molar-refractivity contribution is 5.98. The molecule has 0 aliphatic heterocycles. The van der Waals surface area contributed by atoms with Crippen LogP contribution in [0.5, 0.6) is 5.75 Å². The maximum absolute atomic E-state index is 11.1. The van der Waals surface area contributed by atoms with E-state index >= 15 is 0 Å². The number of hydrogen-bond donors (Lipinski definition) is 3. The predicted octanol–water partition coefficient (Wildman–Crippen LogP) is 1.05. The highest BCUT2D eigenvalue weighted by Crippen LogP contribution is 2.27. The maximum atomic E-state index is 11.1. The quantitative estimate of drug-likeness (QED) is 0.524. The van der Waals surface area contributed by atoms with Crippen LogP contribution in [-0.4, -0.2) is 22.1 Å². The van der Waals surface area contributed by atoms with E-state index in [0.717, 1.165) is 0 Å². The number of nitrogens with one attached hydrogen (secondary N) is 1. The monoisotopic (exact) mass is 219 g/mol. The van der Waals surface area contributed by atoms with Crippen LogP contribution in [0.4, 0.5) is 5.69 Å². The van der Waals surface area contributed by atoms with E-state index in [-0.39, 0.29) is 17.7 Å². The zero-order valence-electron chi connectivity index (χ0n) is 8.23. The van der Waals surface area contributed by atoms with Crippen molar-refractivity contribution in [3.05, 3.63) is 23.8 Å². The Balaban J connectivity index is 2.98. The molecule has 0 aliphatic carbocycles. The van der Waals surface area contributed by atoms with Gasteiger partial charge >= 0.3 is 5.97 Å². The molecule has 0 fully saturated rings. The highest BCUT2D eigenvalue weighted by atomic mass is 16.4. The van der Waals surface area contributed by atoms with Crippen LogP contribution in [0.15, 0.2) is 18.2 Å². The van der Waals surface area contributed by atoms with E-state index in [4.69, 9.17) is 11.5 Å². The molecule has 5 heteroatoms. The summed E-state index contributed by atoms with van der Waals surface area (Å²) < 4.78 is 0. The average Bonchev–Trinajstić information content (AvgIpc) is 2.21. The topological polar surface area (TPSA) is 86.6 Å². The van der Waals surface area contributed by atoms with Gasteiger partial charge in [0, 0.05) is 0 Å². The van der Waals surface area contributed by atoms with E-state index < -0.39 is 17.6 Å². The van der Waals surface area contributed by atoms with Gasteiger partial charge in [0.1, 0.15) is 5.56 Å². The molecule has 16 heavy (non-hydrogen) atoms. The van der Waals surface area contributed by atoms with Gasteiger partial charge in [-0.25, -0.2) is 4.79 Å². The van der Waals surface area contributed by atoms with Crippen LogP contribution in [-0.2, 0) is 4.79 Å². The standard InChI is InChI=1S/C11H9NO4/c1-2-4-9(13)12-8-6-3-5-7(10(8)14)11(15)16/h1,3,5-6,14H,4H2,(H,12,13)(H,15,16). The van der Waals surface area contributed by atoms with Gasteiger partial charge in [0.15, 0.2) is 5.75 Å². The molecule has 0 heterocycles. The Labute approximate surface area is 91.7 Å². The van der Waals surface area contributed by atoms with Crippen LogP contribution in [0.1, 0.15) is 16.8 Å². The summed E-state index contributed by atoms with van der Waals surface area (Å²) in [5.41, 5.74) is -0.251. The third-order valence-electron chi connectivity index (χ3n) is 1.80. The maximum Gasteiger partial charge on any atom is 0.339 e. The number of benzene rings is 1. The van der Waals surface area contributed by atoms with Crippen molar-refractivity contribution in [1.82, 2.24) is 0 Å². The van der Waals surface area contributed by atoms with Gasteiger partial charge in [0.2, 0.25) is 5.91 Å². The molecule has 1 aromatic carbocycles. The van der Waals surface area contributed by atoms with Crippen LogP contribution >= 0.6 is 0 Å². The molecule has 3 N–H and O–H groups in total. The van der Waals surface area contributed by atoms with Gasteiger partial charge < -0.3 is 15.5 Å². The highest BCUT2D eigenvalue weighted by Gasteiger charge is 2.13. The number of aromatic carboxylic acids is 1. The van der Waals surface area contributed by atoms with Crippen molar-refractivity contribution < 1.29 is 19.8 Å². The first-order valence-corrected chi connectivity index (χ1v) is 4.35. The van der Waals surface area contributed by atoms with Crippen LogP contribution < -0.4 is 5.32 Å². The number of hydrogen-bond acceptors (Lipinski definition) is 3. The Kier molecular flexibility index (Phi) is 3.51. The molecule has 0 unspecified atom stereocenters. The number of aromatic hydroxyl groups is 1. The first-order valence-electron chi connectivity index (χ1n) is 4.35. The summed E-state index contributed by atoms with van der Waals surface area (Å²) in [5.74, 6) is -0.110. The van der Waals surface area contributed by atoms with Crippen molar-refractivity contribution in [1.29, 1.82) is 0 Å². The lowest BCUT2D eigenvalue weighted by Crippen LogP contribution is -2.11. The molecule has 0 saturated heterocycles. The van der Waals surface area contributed by atoms with Crippen molar-refractivity contribution in [2.45, 2.75) is 6.42 Å². The Morgan fingerprint density at radius 2 is 2.12 bits per heavy atom. The van der Waals surface area contributed by atoms with Gasteiger partial charge in [0.05, 0.1) is 12.1 Å². The summed E-state index contributed by atoms with van der Waals surface area (Å²) in [6, 6.07) is 4.03. The molecular formula is C11H9NO4. The molecule has 0 spiro atoms. The Morgan fingerprint density at radius 3 is 2.69 bits per heavy atom. The third kappa shape index (κ3) is 2.51. The smallest absolute Gasteiger partial charge is 0.339 e. The Hall–Kier alpha value is -2.48. The van der Waals surface area contributed by atoms with Crippen LogP contribution in [0, 0.1) is 12.3 Å². The lowest BCUT2D eigenvalue weighted by molar-refractivity contribution is -0.115. The van der Waals surface area contributed by atoms with Crippen LogP contribution in [0.2, 0.25) is 0 Å². The zero-order valence-corrected chi connectivity index (χ0v) is 8.23. The summed E-state index contributed by atoms with van der Waals surface area (Å²) in [7, 11) is 0. The summed E-state index contributed by atoms with van der Waals surface area (Å²) in [4.78, 5) is 21.8. The Bertz CT molecular complexity index is 473. The molecular weight excluding hydrogens is 210 g/mol. The summed E-state index contributed by atoms with van der Waals surface area (Å²) in [6.07, 6.45) is 4.79. The minimum Gasteiger partial charge on any atom is -0.505 e. The number of carbonyl (C=O) groups is 2. The first-order chi connectivity index (χ1) is 7.56. The van der Waals surface area contributed by atoms with Gasteiger partial charge in [-0.05, 0) is 12.1 Å². The summed E-state index contributed by atoms with van der Waals surface area (Å²) >= 11 is 0. The molecule has 1 aromatic rings. The second kappa shape index (κ2) is 4.84. The number of carboxylic acids is 1. The molecule has 0 aliphatic rings. The zero-order chi connectivity index (χ0) is 12.1. The fourth-order valence-electron chi connectivity index (χ4n) is 1.10. The SMILES string of the molecule is C#CCC(=O)Nc1cccc(C(=O)O)c1O. The number of terminal acetylenes is 1. The third-order valence-corrected chi connectivity index (χ3v) is 1.80. The number of para-hydroxylation sites is 1. The largest absolute Gasteiger partial charge is 0.505 e. The van der Waals surface area contributed by atoms with Crippen LogP contribution in [0.25, 0.3) is 0 Å². The molecule has 82 valence electrons. The van der Waals surface area contributed by atoms with Gasteiger partial charge in [-0.3, -0.25) is 4.79 Å². The fourth-order valence-corrected chi connectivity index (χ4v) is 1.10. The molecule has 0 saturated carbocycles. The molecule has 0 bridgehead atoms. The van der Waals surface area contributed by atoms with E-state index in [1.165, 1.54) is 18.2 Å². The Morgan fingerprint density at radius 1 is 1.44 bits per heavy atom. The summed E-state index contributed by atoms with van der Waals surface area (Å²) in [5, 5.41) is 20.6. The lowest BCUT2D eigenvalue weighted by atomic mass is 10.1. The van der Waals surface area contributed by atoms with Crippen molar-refractivity contribution in [2.75, 3.05) is 5.32 Å². The fraction of sp³-hybridized carbons (Fsp3) is 0.0909. The average molecular weight is 219 g/mol. The minimum absolute atomic E-state index is 0.0279. The normalized spacial score (nSPS) is 9.19. The minimum atomic E-state index is -1.27. The van der Waals surface area contributed by atoms with Crippen molar-refractivity contribution in [2.24, 2.45) is 0 Å². The molecule has 1 amide bonds. The van der Waals surface area contributed by atoms with Crippen molar-refractivity contribution in [3.63, 3.8) is 0 Å². The number of anilines is 1. The van der Waals surface area contributed by atoms with Gasteiger partial charge in [0.25, 0.3) is 0 Å². The number of amides is 1.